The van der Waals surface area contributed by atoms with Crippen LogP contribution in [0.25, 0.3) is 16.9 Å². The van der Waals surface area contributed by atoms with E-state index in [2.05, 4.69) is 34.9 Å². The van der Waals surface area contributed by atoms with Crippen molar-refractivity contribution in [3.8, 4) is 11.3 Å². The number of nitrogens with zero attached hydrogens (tertiary/aromatic N) is 3. The molecule has 2 aromatic heterocycles. The van der Waals surface area contributed by atoms with Gasteiger partial charge in [0.1, 0.15) is 5.15 Å². The molecule has 0 bridgehead atoms. The van der Waals surface area contributed by atoms with Gasteiger partial charge < -0.3 is 0 Å². The average molecular weight is 351 g/mol. The highest BCUT2D eigenvalue weighted by Crippen LogP contribution is 2.27. The van der Waals surface area contributed by atoms with Gasteiger partial charge in [-0.15, -0.1) is 0 Å². The van der Waals surface area contributed by atoms with E-state index < -0.39 is 0 Å². The van der Waals surface area contributed by atoms with Crippen molar-refractivity contribution in [3.63, 3.8) is 0 Å². The van der Waals surface area contributed by atoms with Crippen LogP contribution in [0.5, 0.6) is 0 Å². The van der Waals surface area contributed by atoms with E-state index in [4.69, 9.17) is 16.6 Å². The summed E-state index contributed by atoms with van der Waals surface area (Å²) in [5.74, 6) is 0.358. The summed E-state index contributed by atoms with van der Waals surface area (Å²) in [4.78, 5) is 4.72. The zero-order chi connectivity index (χ0) is 14.3. The maximum atomic E-state index is 6.31. The number of benzene rings is 1. The van der Waals surface area contributed by atoms with E-state index in [9.17, 15) is 0 Å². The maximum Gasteiger partial charge on any atom is 0.160 e. The largest absolute Gasteiger partial charge is 0.228 e. The smallest absolute Gasteiger partial charge is 0.160 e. The first-order chi connectivity index (χ1) is 9.56. The third-order valence-corrected chi connectivity index (χ3v) is 4.02. The molecule has 3 nitrogen and oxygen atoms in total. The molecule has 2 heterocycles. The maximum absolute atomic E-state index is 6.31. The van der Waals surface area contributed by atoms with E-state index in [0.29, 0.717) is 11.1 Å². The van der Waals surface area contributed by atoms with Crippen molar-refractivity contribution < 1.29 is 0 Å². The molecule has 0 atom stereocenters. The lowest BCUT2D eigenvalue weighted by Gasteiger charge is -2.06. The van der Waals surface area contributed by atoms with Crippen molar-refractivity contribution in [1.29, 1.82) is 0 Å². The highest BCUT2D eigenvalue weighted by atomic mass is 79.9. The Morgan fingerprint density at radius 3 is 2.55 bits per heavy atom. The van der Waals surface area contributed by atoms with Gasteiger partial charge in [-0.05, 0) is 18.1 Å². The molecule has 1 aromatic carbocycles. The van der Waals surface area contributed by atoms with Gasteiger partial charge in [-0.2, -0.15) is 5.10 Å². The average Bonchev–Trinajstić information content (AvgIpc) is 2.84. The number of fused-ring (bicyclic) bond motifs is 1. The molecule has 3 rings (SSSR count). The summed E-state index contributed by atoms with van der Waals surface area (Å²) in [5.41, 5.74) is 3.82. The van der Waals surface area contributed by atoms with Crippen LogP contribution in [0.2, 0.25) is 5.15 Å². The molecule has 0 saturated heterocycles. The lowest BCUT2D eigenvalue weighted by Crippen LogP contribution is -1.96. The third kappa shape index (κ3) is 2.34. The van der Waals surface area contributed by atoms with Gasteiger partial charge in [-0.1, -0.05) is 53.5 Å². The molecule has 0 aliphatic heterocycles. The van der Waals surface area contributed by atoms with Crippen molar-refractivity contribution in [3.05, 3.63) is 51.7 Å². The van der Waals surface area contributed by atoms with Gasteiger partial charge in [0.2, 0.25) is 0 Å². The summed E-state index contributed by atoms with van der Waals surface area (Å²) < 4.78 is 2.72. The van der Waals surface area contributed by atoms with Gasteiger partial charge in [-0.25, -0.2) is 9.50 Å². The lowest BCUT2D eigenvalue weighted by atomic mass is 10.1. The minimum Gasteiger partial charge on any atom is -0.228 e. The Morgan fingerprint density at radius 2 is 1.90 bits per heavy atom. The number of halogens is 2. The quantitative estimate of drug-likeness (QED) is 0.613. The number of rotatable bonds is 2. The second-order valence-electron chi connectivity index (χ2n) is 4.96. The first kappa shape index (κ1) is 13.6. The Labute approximate surface area is 130 Å². The van der Waals surface area contributed by atoms with Crippen LogP contribution in [0.3, 0.4) is 0 Å². The fourth-order valence-corrected chi connectivity index (χ4v) is 2.61. The van der Waals surface area contributed by atoms with Crippen LogP contribution in [0.15, 0.2) is 41.0 Å². The fraction of sp³-hybridized carbons (Fsp3) is 0.200. The van der Waals surface area contributed by atoms with Crippen LogP contribution >= 0.6 is 27.5 Å². The predicted molar refractivity (Wildman–Crippen MR) is 85.2 cm³/mol. The zero-order valence-electron chi connectivity index (χ0n) is 11.1. The van der Waals surface area contributed by atoms with Crippen LogP contribution in [-0.4, -0.2) is 14.6 Å². The van der Waals surface area contributed by atoms with E-state index in [-0.39, 0.29) is 0 Å². The lowest BCUT2D eigenvalue weighted by molar-refractivity contribution is 0.872. The summed E-state index contributed by atoms with van der Waals surface area (Å²) in [6, 6.07) is 9.87. The summed E-state index contributed by atoms with van der Waals surface area (Å²) >= 11 is 9.75. The minimum atomic E-state index is 0.358. The first-order valence-corrected chi connectivity index (χ1v) is 7.53. The zero-order valence-corrected chi connectivity index (χ0v) is 13.5. The molecule has 0 aliphatic rings. The number of aromatic nitrogens is 3. The minimum absolute atomic E-state index is 0.358. The Hall–Kier alpha value is -1.39. The Bertz CT molecular complexity index is 763. The van der Waals surface area contributed by atoms with Crippen LogP contribution in [-0.2, 0) is 0 Å². The topological polar surface area (TPSA) is 30.2 Å². The summed E-state index contributed by atoms with van der Waals surface area (Å²) in [5, 5.41) is 4.87. The summed E-state index contributed by atoms with van der Waals surface area (Å²) in [7, 11) is 0. The molecule has 3 aromatic rings. The second-order valence-corrected chi connectivity index (χ2v) is 6.26. The molecule has 0 unspecified atom stereocenters. The van der Waals surface area contributed by atoms with Gasteiger partial charge in [0.15, 0.2) is 5.65 Å². The third-order valence-electron chi connectivity index (χ3n) is 3.22. The molecule has 0 spiro atoms. The Balaban J connectivity index is 2.22. The van der Waals surface area contributed by atoms with Gasteiger partial charge >= 0.3 is 0 Å². The van der Waals surface area contributed by atoms with Crippen molar-refractivity contribution in [2.24, 2.45) is 0 Å². The molecule has 5 heteroatoms. The molecule has 0 amide bonds. The van der Waals surface area contributed by atoms with Gasteiger partial charge in [-0.3, -0.25) is 0 Å². The molecule has 102 valence electrons. The van der Waals surface area contributed by atoms with Gasteiger partial charge in [0.05, 0.1) is 11.9 Å². The van der Waals surface area contributed by atoms with E-state index >= 15 is 0 Å². The number of hydrogen-bond acceptors (Lipinski definition) is 2. The van der Waals surface area contributed by atoms with Crippen LogP contribution in [0, 0.1) is 0 Å². The summed E-state index contributed by atoms with van der Waals surface area (Å²) in [6.45, 7) is 4.25. The van der Waals surface area contributed by atoms with Crippen molar-refractivity contribution >= 4 is 33.2 Å². The van der Waals surface area contributed by atoms with E-state index in [0.717, 1.165) is 26.9 Å². The molecule has 0 N–H and O–H groups in total. The molecule has 0 saturated carbocycles. The van der Waals surface area contributed by atoms with Crippen molar-refractivity contribution in [1.82, 2.24) is 14.6 Å². The molecule has 0 aliphatic carbocycles. The van der Waals surface area contributed by atoms with E-state index in [1.807, 2.05) is 36.5 Å². The van der Waals surface area contributed by atoms with E-state index in [1.165, 1.54) is 0 Å². The second kappa shape index (κ2) is 5.19. The molecule has 20 heavy (non-hydrogen) atoms. The SMILES string of the molecule is CC(C)c1cnn2c(Cl)cc(-c3ccc(Br)cc3)nc12. The van der Waals surface area contributed by atoms with Crippen molar-refractivity contribution in [2.45, 2.75) is 19.8 Å². The Kier molecular flexibility index (Phi) is 3.52. The fourth-order valence-electron chi connectivity index (χ4n) is 2.12. The molecular formula is C15H13BrClN3. The first-order valence-electron chi connectivity index (χ1n) is 6.36. The van der Waals surface area contributed by atoms with Gasteiger partial charge in [0.25, 0.3) is 0 Å². The van der Waals surface area contributed by atoms with Crippen LogP contribution in [0.1, 0.15) is 25.3 Å². The van der Waals surface area contributed by atoms with Crippen molar-refractivity contribution in [2.75, 3.05) is 0 Å². The molecule has 0 fully saturated rings. The Morgan fingerprint density at radius 1 is 1.20 bits per heavy atom. The van der Waals surface area contributed by atoms with Crippen LogP contribution in [0.4, 0.5) is 0 Å². The molecule has 0 radical (unpaired) electrons. The highest BCUT2D eigenvalue weighted by molar-refractivity contribution is 9.10. The molecular weight excluding hydrogens is 338 g/mol. The predicted octanol–water partition coefficient (Wildman–Crippen LogP) is 4.94. The standard InChI is InChI=1S/C15H13BrClN3/c1-9(2)12-8-18-20-14(17)7-13(19-15(12)20)10-3-5-11(16)6-4-10/h3-9H,1-2H3. The van der Waals surface area contributed by atoms with Gasteiger partial charge in [0, 0.05) is 21.7 Å². The van der Waals surface area contributed by atoms with Crippen LogP contribution < -0.4 is 0 Å². The normalized spacial score (nSPS) is 11.4. The number of hydrogen-bond donors (Lipinski definition) is 0. The monoisotopic (exact) mass is 349 g/mol. The van der Waals surface area contributed by atoms with E-state index in [1.54, 1.807) is 4.52 Å². The highest BCUT2D eigenvalue weighted by Gasteiger charge is 2.13. The summed E-state index contributed by atoms with van der Waals surface area (Å²) in [6.07, 6.45) is 1.84.